The summed E-state index contributed by atoms with van der Waals surface area (Å²) in [5, 5.41) is 0. The highest BCUT2D eigenvalue weighted by Crippen LogP contribution is 2.11. The molecule has 74 valence electrons. The van der Waals surface area contributed by atoms with Gasteiger partial charge < -0.3 is 10.5 Å². The average molecular weight is 173 g/mol. The van der Waals surface area contributed by atoms with Crippen LogP contribution in [-0.2, 0) is 4.74 Å². The minimum atomic E-state index is 0.228. The molecule has 0 aromatic heterocycles. The maximum absolute atomic E-state index is 5.95. The van der Waals surface area contributed by atoms with E-state index in [9.17, 15) is 0 Å². The van der Waals surface area contributed by atoms with E-state index in [1.54, 1.807) is 0 Å². The largest absolute Gasteiger partial charge is 0.380 e. The zero-order valence-electron chi connectivity index (χ0n) is 8.68. The molecule has 0 aromatic carbocycles. The number of rotatable bonds is 7. The van der Waals surface area contributed by atoms with Crippen molar-refractivity contribution in [3.05, 3.63) is 0 Å². The summed E-state index contributed by atoms with van der Waals surface area (Å²) in [6.07, 6.45) is 3.40. The normalized spacial score (nSPS) is 13.8. The van der Waals surface area contributed by atoms with Gasteiger partial charge in [0, 0.05) is 12.6 Å². The summed E-state index contributed by atoms with van der Waals surface area (Å²) in [7, 11) is 0. The predicted octanol–water partition coefficient (Wildman–Crippen LogP) is 2.18. The predicted molar refractivity (Wildman–Crippen MR) is 53.2 cm³/mol. The van der Waals surface area contributed by atoms with E-state index in [0.29, 0.717) is 5.92 Å². The van der Waals surface area contributed by atoms with E-state index in [-0.39, 0.29) is 6.04 Å². The van der Waals surface area contributed by atoms with Crippen molar-refractivity contribution in [3.8, 4) is 0 Å². The first-order valence-electron chi connectivity index (χ1n) is 5.09. The molecule has 2 N–H and O–H groups in total. The Labute approximate surface area is 76.5 Å². The summed E-state index contributed by atoms with van der Waals surface area (Å²) in [5.74, 6) is 0.627. The Hall–Kier alpha value is -0.0800. The Morgan fingerprint density at radius 2 is 1.75 bits per heavy atom. The molecule has 0 aliphatic heterocycles. The van der Waals surface area contributed by atoms with Crippen LogP contribution in [0.15, 0.2) is 0 Å². The van der Waals surface area contributed by atoms with Crippen LogP contribution in [0.3, 0.4) is 0 Å². The smallest absolute Gasteiger partial charge is 0.0620 e. The van der Waals surface area contributed by atoms with Gasteiger partial charge in [0.2, 0.25) is 0 Å². The number of hydrogen-bond acceptors (Lipinski definition) is 2. The van der Waals surface area contributed by atoms with Gasteiger partial charge in [-0.2, -0.15) is 0 Å². The Morgan fingerprint density at radius 3 is 2.17 bits per heavy atom. The standard InChI is InChI=1S/C10H23NO/c1-4-7-12-8-10(11)9(5-2)6-3/h9-10H,4-8,11H2,1-3H3. The number of hydrogen-bond donors (Lipinski definition) is 1. The summed E-state index contributed by atoms with van der Waals surface area (Å²) in [4.78, 5) is 0. The highest BCUT2D eigenvalue weighted by molar-refractivity contribution is 4.69. The van der Waals surface area contributed by atoms with Gasteiger partial charge in [-0.25, -0.2) is 0 Å². The minimum Gasteiger partial charge on any atom is -0.380 e. The molecule has 0 amide bonds. The quantitative estimate of drug-likeness (QED) is 0.599. The van der Waals surface area contributed by atoms with Crippen molar-refractivity contribution in [2.75, 3.05) is 13.2 Å². The molecule has 1 unspecified atom stereocenters. The molecular formula is C10H23NO. The van der Waals surface area contributed by atoms with Crippen molar-refractivity contribution in [2.24, 2.45) is 11.7 Å². The average Bonchev–Trinajstić information content (AvgIpc) is 2.07. The Bertz CT molecular complexity index is 91.8. The summed E-state index contributed by atoms with van der Waals surface area (Å²) < 4.78 is 5.40. The van der Waals surface area contributed by atoms with Gasteiger partial charge in [-0.15, -0.1) is 0 Å². The third-order valence-electron chi connectivity index (χ3n) is 2.31. The van der Waals surface area contributed by atoms with Gasteiger partial charge in [0.25, 0.3) is 0 Å². The van der Waals surface area contributed by atoms with Crippen LogP contribution >= 0.6 is 0 Å². The fourth-order valence-electron chi connectivity index (χ4n) is 1.39. The molecule has 0 saturated heterocycles. The van der Waals surface area contributed by atoms with E-state index >= 15 is 0 Å². The lowest BCUT2D eigenvalue weighted by molar-refractivity contribution is 0.104. The zero-order valence-corrected chi connectivity index (χ0v) is 8.68. The molecule has 0 radical (unpaired) electrons. The summed E-state index contributed by atoms with van der Waals surface area (Å²) >= 11 is 0. The molecule has 12 heavy (non-hydrogen) atoms. The second-order valence-electron chi connectivity index (χ2n) is 3.32. The lowest BCUT2D eigenvalue weighted by Gasteiger charge is -2.20. The topological polar surface area (TPSA) is 35.2 Å². The molecule has 0 fully saturated rings. The Balaban J connectivity index is 3.47. The van der Waals surface area contributed by atoms with Crippen molar-refractivity contribution in [1.29, 1.82) is 0 Å². The fourth-order valence-corrected chi connectivity index (χ4v) is 1.39. The molecule has 0 heterocycles. The van der Waals surface area contributed by atoms with E-state index in [2.05, 4.69) is 20.8 Å². The molecule has 0 rings (SSSR count). The van der Waals surface area contributed by atoms with Crippen LogP contribution < -0.4 is 5.73 Å². The van der Waals surface area contributed by atoms with Gasteiger partial charge in [0.05, 0.1) is 6.61 Å². The second-order valence-corrected chi connectivity index (χ2v) is 3.32. The van der Waals surface area contributed by atoms with Crippen molar-refractivity contribution in [3.63, 3.8) is 0 Å². The SMILES string of the molecule is CCCOCC(N)C(CC)CC. The molecule has 0 aromatic rings. The Morgan fingerprint density at radius 1 is 1.17 bits per heavy atom. The van der Waals surface area contributed by atoms with Crippen LogP contribution in [0.1, 0.15) is 40.0 Å². The molecule has 0 aliphatic rings. The summed E-state index contributed by atoms with van der Waals surface area (Å²) in [5.41, 5.74) is 5.95. The van der Waals surface area contributed by atoms with Gasteiger partial charge in [0.1, 0.15) is 0 Å². The van der Waals surface area contributed by atoms with E-state index in [0.717, 1.165) is 32.5 Å². The van der Waals surface area contributed by atoms with Gasteiger partial charge in [-0.3, -0.25) is 0 Å². The fraction of sp³-hybridized carbons (Fsp3) is 1.00. The van der Waals surface area contributed by atoms with Crippen LogP contribution in [0.2, 0.25) is 0 Å². The second kappa shape index (κ2) is 7.56. The van der Waals surface area contributed by atoms with E-state index in [4.69, 9.17) is 10.5 Å². The first kappa shape index (κ1) is 11.9. The molecule has 2 nitrogen and oxygen atoms in total. The van der Waals surface area contributed by atoms with Crippen molar-refractivity contribution >= 4 is 0 Å². The van der Waals surface area contributed by atoms with Crippen molar-refractivity contribution in [1.82, 2.24) is 0 Å². The van der Waals surface area contributed by atoms with Crippen LogP contribution in [0.4, 0.5) is 0 Å². The van der Waals surface area contributed by atoms with Crippen molar-refractivity contribution in [2.45, 2.75) is 46.1 Å². The summed E-state index contributed by atoms with van der Waals surface area (Å²) in [6.45, 7) is 8.05. The monoisotopic (exact) mass is 173 g/mol. The zero-order chi connectivity index (χ0) is 9.40. The third-order valence-corrected chi connectivity index (χ3v) is 2.31. The Kier molecular flexibility index (Phi) is 7.51. The highest BCUT2D eigenvalue weighted by atomic mass is 16.5. The van der Waals surface area contributed by atoms with E-state index in [1.807, 2.05) is 0 Å². The maximum Gasteiger partial charge on any atom is 0.0620 e. The molecule has 2 heteroatoms. The number of ether oxygens (including phenoxy) is 1. The van der Waals surface area contributed by atoms with Gasteiger partial charge in [-0.05, 0) is 12.3 Å². The highest BCUT2D eigenvalue weighted by Gasteiger charge is 2.13. The molecule has 0 bridgehead atoms. The van der Waals surface area contributed by atoms with Gasteiger partial charge >= 0.3 is 0 Å². The molecule has 0 aliphatic carbocycles. The van der Waals surface area contributed by atoms with Crippen LogP contribution in [-0.4, -0.2) is 19.3 Å². The van der Waals surface area contributed by atoms with Gasteiger partial charge in [-0.1, -0.05) is 33.6 Å². The lowest BCUT2D eigenvalue weighted by Crippen LogP contribution is -2.34. The lowest BCUT2D eigenvalue weighted by atomic mass is 9.96. The first-order valence-corrected chi connectivity index (χ1v) is 5.09. The van der Waals surface area contributed by atoms with Crippen LogP contribution in [0, 0.1) is 5.92 Å². The van der Waals surface area contributed by atoms with E-state index < -0.39 is 0 Å². The van der Waals surface area contributed by atoms with Crippen LogP contribution in [0.5, 0.6) is 0 Å². The maximum atomic E-state index is 5.95. The van der Waals surface area contributed by atoms with Crippen molar-refractivity contribution < 1.29 is 4.74 Å². The van der Waals surface area contributed by atoms with E-state index in [1.165, 1.54) is 0 Å². The number of nitrogens with two attached hydrogens (primary N) is 1. The first-order chi connectivity index (χ1) is 5.76. The third kappa shape index (κ3) is 4.73. The molecular weight excluding hydrogens is 150 g/mol. The molecule has 1 atom stereocenters. The minimum absolute atomic E-state index is 0.228. The van der Waals surface area contributed by atoms with Gasteiger partial charge in [0.15, 0.2) is 0 Å². The summed E-state index contributed by atoms with van der Waals surface area (Å²) in [6, 6.07) is 0.228. The molecule has 0 saturated carbocycles. The van der Waals surface area contributed by atoms with Crippen LogP contribution in [0.25, 0.3) is 0 Å². The molecule has 0 spiro atoms.